The summed E-state index contributed by atoms with van der Waals surface area (Å²) in [5, 5.41) is 2.77. The van der Waals surface area contributed by atoms with Crippen LogP contribution in [0.15, 0.2) is 12.7 Å². The number of rotatable bonds is 3. The first kappa shape index (κ1) is 11.8. The number of hydrogen-bond acceptors (Lipinski definition) is 2. The van der Waals surface area contributed by atoms with Gasteiger partial charge in [0.05, 0.1) is 5.92 Å². The molecule has 1 aliphatic rings. The number of likely N-dealkylation sites (tertiary alicyclic amines) is 1. The summed E-state index contributed by atoms with van der Waals surface area (Å²) in [7, 11) is 0. The molecule has 0 aromatic rings. The lowest BCUT2D eigenvalue weighted by atomic mass is 9.97. The monoisotopic (exact) mass is 210 g/mol. The fraction of sp³-hybridized carbons (Fsp3) is 0.636. The van der Waals surface area contributed by atoms with Crippen molar-refractivity contribution in [2.24, 2.45) is 5.92 Å². The van der Waals surface area contributed by atoms with Crippen LogP contribution in [0.5, 0.6) is 0 Å². The molecule has 0 bridgehead atoms. The van der Waals surface area contributed by atoms with Gasteiger partial charge in [-0.25, -0.2) is 0 Å². The molecule has 1 aliphatic heterocycles. The molecule has 0 spiro atoms. The van der Waals surface area contributed by atoms with Crippen LogP contribution in [0, 0.1) is 5.92 Å². The number of amides is 2. The molecule has 0 aliphatic carbocycles. The van der Waals surface area contributed by atoms with Crippen LogP contribution in [0.3, 0.4) is 0 Å². The lowest BCUT2D eigenvalue weighted by molar-refractivity contribution is -0.133. The first-order valence-corrected chi connectivity index (χ1v) is 5.29. The molecule has 4 heteroatoms. The summed E-state index contributed by atoms with van der Waals surface area (Å²) >= 11 is 0. The molecule has 0 aromatic heterocycles. The highest BCUT2D eigenvalue weighted by molar-refractivity contribution is 5.80. The molecule has 84 valence electrons. The van der Waals surface area contributed by atoms with Crippen LogP contribution >= 0.6 is 0 Å². The van der Waals surface area contributed by atoms with Gasteiger partial charge in [-0.2, -0.15) is 0 Å². The van der Waals surface area contributed by atoms with Gasteiger partial charge < -0.3 is 10.2 Å². The molecule has 0 saturated carbocycles. The molecule has 1 unspecified atom stereocenters. The van der Waals surface area contributed by atoms with Gasteiger partial charge in [0.1, 0.15) is 0 Å². The number of nitrogens with one attached hydrogen (secondary N) is 1. The predicted molar refractivity (Wildman–Crippen MR) is 58.2 cm³/mol. The van der Waals surface area contributed by atoms with Gasteiger partial charge in [-0.15, -0.1) is 6.58 Å². The Morgan fingerprint density at radius 3 is 2.93 bits per heavy atom. The van der Waals surface area contributed by atoms with E-state index >= 15 is 0 Å². The Morgan fingerprint density at radius 2 is 2.33 bits per heavy atom. The molecular weight excluding hydrogens is 192 g/mol. The molecule has 15 heavy (non-hydrogen) atoms. The molecule has 1 N–H and O–H groups in total. The van der Waals surface area contributed by atoms with E-state index in [9.17, 15) is 9.59 Å². The number of hydrogen-bond donors (Lipinski definition) is 1. The van der Waals surface area contributed by atoms with Crippen molar-refractivity contribution in [2.75, 3.05) is 19.6 Å². The molecule has 4 nitrogen and oxygen atoms in total. The fourth-order valence-electron chi connectivity index (χ4n) is 1.79. The third kappa shape index (κ3) is 3.38. The van der Waals surface area contributed by atoms with Crippen LogP contribution in [-0.2, 0) is 9.59 Å². The minimum atomic E-state index is -0.0531. The van der Waals surface area contributed by atoms with Gasteiger partial charge in [0.25, 0.3) is 0 Å². The normalized spacial score (nSPS) is 20.9. The summed E-state index contributed by atoms with van der Waals surface area (Å²) in [5.41, 5.74) is 0. The van der Waals surface area contributed by atoms with Crippen LogP contribution < -0.4 is 5.32 Å². The Kier molecular flexibility index (Phi) is 4.34. The largest absolute Gasteiger partial charge is 0.352 e. The summed E-state index contributed by atoms with van der Waals surface area (Å²) in [5.74, 6) is 0.0275. The lowest BCUT2D eigenvalue weighted by Crippen LogP contribution is -2.44. The molecule has 2 amide bonds. The van der Waals surface area contributed by atoms with E-state index in [-0.39, 0.29) is 17.7 Å². The maximum Gasteiger partial charge on any atom is 0.225 e. The van der Waals surface area contributed by atoms with Gasteiger partial charge >= 0.3 is 0 Å². The van der Waals surface area contributed by atoms with E-state index in [2.05, 4.69) is 11.9 Å². The number of nitrogens with zero attached hydrogens (tertiary/aromatic N) is 1. The minimum Gasteiger partial charge on any atom is -0.352 e. The van der Waals surface area contributed by atoms with Crippen LogP contribution in [0.4, 0.5) is 0 Å². The summed E-state index contributed by atoms with van der Waals surface area (Å²) in [4.78, 5) is 24.5. The average molecular weight is 210 g/mol. The third-order valence-corrected chi connectivity index (χ3v) is 2.66. The van der Waals surface area contributed by atoms with Gasteiger partial charge in [0.15, 0.2) is 0 Å². The summed E-state index contributed by atoms with van der Waals surface area (Å²) in [6.45, 7) is 6.92. The van der Waals surface area contributed by atoms with E-state index in [1.165, 1.54) is 0 Å². The Morgan fingerprint density at radius 1 is 1.60 bits per heavy atom. The Bertz CT molecular complexity index is 263. The van der Waals surface area contributed by atoms with Crippen LogP contribution in [0.2, 0.25) is 0 Å². The van der Waals surface area contributed by atoms with Crippen molar-refractivity contribution in [3.8, 4) is 0 Å². The summed E-state index contributed by atoms with van der Waals surface area (Å²) in [6, 6.07) is 0. The Labute approximate surface area is 90.3 Å². The van der Waals surface area contributed by atoms with Gasteiger partial charge in [-0.3, -0.25) is 9.59 Å². The standard InChI is InChI=1S/C11H18N2O2/c1-3-6-12-11(15)10-5-4-7-13(8-10)9(2)14/h3,10H,1,4-8H2,2H3,(H,12,15). The quantitative estimate of drug-likeness (QED) is 0.691. The zero-order chi connectivity index (χ0) is 11.3. The second-order valence-corrected chi connectivity index (χ2v) is 3.84. The van der Waals surface area contributed by atoms with E-state index in [0.717, 1.165) is 19.4 Å². The van der Waals surface area contributed by atoms with Gasteiger partial charge in [-0.05, 0) is 12.8 Å². The molecule has 1 saturated heterocycles. The van der Waals surface area contributed by atoms with Gasteiger partial charge in [0, 0.05) is 26.6 Å². The first-order chi connectivity index (χ1) is 7.15. The fourth-order valence-corrected chi connectivity index (χ4v) is 1.79. The van der Waals surface area contributed by atoms with E-state index < -0.39 is 0 Å². The highest BCUT2D eigenvalue weighted by atomic mass is 16.2. The van der Waals surface area contributed by atoms with Crippen molar-refractivity contribution in [2.45, 2.75) is 19.8 Å². The second-order valence-electron chi connectivity index (χ2n) is 3.84. The topological polar surface area (TPSA) is 49.4 Å². The highest BCUT2D eigenvalue weighted by Gasteiger charge is 2.26. The predicted octanol–water partition coefficient (Wildman–Crippen LogP) is 0.547. The number of piperidine rings is 1. The zero-order valence-corrected chi connectivity index (χ0v) is 9.16. The van der Waals surface area contributed by atoms with E-state index in [1.54, 1.807) is 17.9 Å². The van der Waals surface area contributed by atoms with Crippen LogP contribution in [0.1, 0.15) is 19.8 Å². The van der Waals surface area contributed by atoms with Crippen LogP contribution in [0.25, 0.3) is 0 Å². The molecule has 1 atom stereocenters. The molecule has 1 heterocycles. The number of carbonyl (C=O) groups excluding carboxylic acids is 2. The molecule has 0 radical (unpaired) electrons. The summed E-state index contributed by atoms with van der Waals surface area (Å²) in [6.07, 6.45) is 3.43. The Balaban J connectivity index is 2.44. The van der Waals surface area contributed by atoms with E-state index in [0.29, 0.717) is 13.1 Å². The SMILES string of the molecule is C=CCNC(=O)C1CCCN(C(C)=O)C1. The van der Waals surface area contributed by atoms with Crippen molar-refractivity contribution in [3.05, 3.63) is 12.7 Å². The maximum atomic E-state index is 11.6. The van der Waals surface area contributed by atoms with Crippen molar-refractivity contribution in [3.63, 3.8) is 0 Å². The lowest BCUT2D eigenvalue weighted by Gasteiger charge is -2.31. The first-order valence-electron chi connectivity index (χ1n) is 5.29. The second kappa shape index (κ2) is 5.53. The zero-order valence-electron chi connectivity index (χ0n) is 9.16. The van der Waals surface area contributed by atoms with Crippen molar-refractivity contribution in [1.82, 2.24) is 10.2 Å². The Hall–Kier alpha value is -1.32. The molecular formula is C11H18N2O2. The molecule has 1 fully saturated rings. The molecule has 1 rings (SSSR count). The van der Waals surface area contributed by atoms with Crippen LogP contribution in [-0.4, -0.2) is 36.3 Å². The average Bonchev–Trinajstić information content (AvgIpc) is 2.26. The summed E-state index contributed by atoms with van der Waals surface area (Å²) < 4.78 is 0. The van der Waals surface area contributed by atoms with Crippen molar-refractivity contribution in [1.29, 1.82) is 0 Å². The third-order valence-electron chi connectivity index (χ3n) is 2.66. The molecule has 0 aromatic carbocycles. The smallest absolute Gasteiger partial charge is 0.225 e. The van der Waals surface area contributed by atoms with Crippen molar-refractivity contribution < 1.29 is 9.59 Å². The maximum absolute atomic E-state index is 11.6. The van der Waals surface area contributed by atoms with E-state index in [4.69, 9.17) is 0 Å². The number of carbonyl (C=O) groups is 2. The van der Waals surface area contributed by atoms with E-state index in [1.807, 2.05) is 0 Å². The highest BCUT2D eigenvalue weighted by Crippen LogP contribution is 2.16. The van der Waals surface area contributed by atoms with Gasteiger partial charge in [-0.1, -0.05) is 6.08 Å². The van der Waals surface area contributed by atoms with Gasteiger partial charge in [0.2, 0.25) is 11.8 Å². The van der Waals surface area contributed by atoms with Crippen molar-refractivity contribution >= 4 is 11.8 Å². The minimum absolute atomic E-state index is 0.0286.